The summed E-state index contributed by atoms with van der Waals surface area (Å²) in [7, 11) is 0. The predicted octanol–water partition coefficient (Wildman–Crippen LogP) is 1.94. The second-order valence-corrected chi connectivity index (χ2v) is 6.76. The minimum absolute atomic E-state index is 0.374. The summed E-state index contributed by atoms with van der Waals surface area (Å²) in [5.74, 6) is 2.08. The normalized spacial score (nSPS) is 40.6. The highest BCUT2D eigenvalue weighted by Gasteiger charge is 2.31. The summed E-state index contributed by atoms with van der Waals surface area (Å²) in [6, 6.07) is 1.21. The summed E-state index contributed by atoms with van der Waals surface area (Å²) >= 11 is 2.14. The number of rotatable bonds is 2. The molecule has 4 unspecified atom stereocenters. The van der Waals surface area contributed by atoms with Crippen LogP contribution in [0, 0.1) is 5.92 Å². The Hall–Kier alpha value is 0.270. The van der Waals surface area contributed by atoms with Gasteiger partial charge in [-0.05, 0) is 38.6 Å². The Labute approximate surface area is 98.0 Å². The van der Waals surface area contributed by atoms with Gasteiger partial charge in [0.05, 0.1) is 0 Å². The van der Waals surface area contributed by atoms with Crippen molar-refractivity contribution in [3.05, 3.63) is 0 Å². The summed E-state index contributed by atoms with van der Waals surface area (Å²) in [6.07, 6.45) is 4.07. The topological polar surface area (TPSA) is 29.3 Å². The van der Waals surface area contributed by atoms with Crippen molar-refractivity contribution < 1.29 is 0 Å². The lowest BCUT2D eigenvalue weighted by atomic mass is 9.91. The molecule has 0 radical (unpaired) electrons. The van der Waals surface area contributed by atoms with Crippen molar-refractivity contribution in [2.75, 3.05) is 18.8 Å². The molecule has 2 saturated heterocycles. The van der Waals surface area contributed by atoms with Crippen LogP contribution in [0.1, 0.15) is 33.1 Å². The molecule has 2 aliphatic rings. The second kappa shape index (κ2) is 5.07. The van der Waals surface area contributed by atoms with Crippen LogP contribution in [0.25, 0.3) is 0 Å². The highest BCUT2D eigenvalue weighted by molar-refractivity contribution is 8.00. The van der Waals surface area contributed by atoms with Crippen molar-refractivity contribution in [3.8, 4) is 0 Å². The fraction of sp³-hybridized carbons (Fsp3) is 1.00. The van der Waals surface area contributed by atoms with E-state index in [0.717, 1.165) is 17.2 Å². The lowest BCUT2D eigenvalue weighted by Gasteiger charge is -2.38. The van der Waals surface area contributed by atoms with Gasteiger partial charge < -0.3 is 5.73 Å². The first-order valence-electron chi connectivity index (χ1n) is 6.28. The molecule has 88 valence electrons. The van der Waals surface area contributed by atoms with Crippen LogP contribution in [-0.4, -0.2) is 41.1 Å². The van der Waals surface area contributed by atoms with Crippen molar-refractivity contribution in [2.24, 2.45) is 11.7 Å². The highest BCUT2D eigenvalue weighted by Crippen LogP contribution is 2.32. The number of thioether (sulfide) groups is 1. The molecule has 0 aliphatic carbocycles. The number of nitrogens with zero attached hydrogens (tertiary/aromatic N) is 1. The number of likely N-dealkylation sites (tertiary alicyclic amines) is 1. The molecular formula is C12H24N2S. The molecule has 2 aliphatic heterocycles. The molecule has 0 spiro atoms. The third kappa shape index (κ3) is 2.89. The maximum atomic E-state index is 6.02. The first kappa shape index (κ1) is 11.7. The standard InChI is InChI=1S/C12H24N2S/c1-9-6-12(8-15-9)14-5-3-4-11(7-14)10(2)13/h9-12H,3-8,13H2,1-2H3. The molecule has 0 amide bonds. The van der Waals surface area contributed by atoms with Gasteiger partial charge in [0.15, 0.2) is 0 Å². The van der Waals surface area contributed by atoms with E-state index in [2.05, 4.69) is 30.5 Å². The minimum Gasteiger partial charge on any atom is -0.328 e. The van der Waals surface area contributed by atoms with Crippen molar-refractivity contribution in [3.63, 3.8) is 0 Å². The van der Waals surface area contributed by atoms with Gasteiger partial charge in [0, 0.05) is 29.6 Å². The van der Waals surface area contributed by atoms with E-state index in [1.807, 2.05) is 0 Å². The monoisotopic (exact) mass is 228 g/mol. The first-order chi connectivity index (χ1) is 7.16. The Morgan fingerprint density at radius 3 is 2.87 bits per heavy atom. The van der Waals surface area contributed by atoms with Gasteiger partial charge in [-0.25, -0.2) is 0 Å². The van der Waals surface area contributed by atoms with Gasteiger partial charge in [0.2, 0.25) is 0 Å². The van der Waals surface area contributed by atoms with Gasteiger partial charge in [0.25, 0.3) is 0 Å². The average Bonchev–Trinajstić information content (AvgIpc) is 2.65. The van der Waals surface area contributed by atoms with Crippen LogP contribution >= 0.6 is 11.8 Å². The van der Waals surface area contributed by atoms with Crippen molar-refractivity contribution >= 4 is 11.8 Å². The Morgan fingerprint density at radius 1 is 1.47 bits per heavy atom. The number of piperidine rings is 1. The number of hydrogen-bond acceptors (Lipinski definition) is 3. The van der Waals surface area contributed by atoms with E-state index in [4.69, 9.17) is 5.73 Å². The minimum atomic E-state index is 0.374. The number of hydrogen-bond donors (Lipinski definition) is 1. The highest BCUT2D eigenvalue weighted by atomic mass is 32.2. The number of nitrogens with two attached hydrogens (primary N) is 1. The van der Waals surface area contributed by atoms with E-state index in [1.165, 1.54) is 38.1 Å². The fourth-order valence-corrected chi connectivity index (χ4v) is 4.11. The van der Waals surface area contributed by atoms with Crippen molar-refractivity contribution in [2.45, 2.75) is 50.4 Å². The summed E-state index contributed by atoms with van der Waals surface area (Å²) in [5.41, 5.74) is 6.02. The van der Waals surface area contributed by atoms with E-state index in [0.29, 0.717) is 6.04 Å². The largest absolute Gasteiger partial charge is 0.328 e. The van der Waals surface area contributed by atoms with Crippen LogP contribution in [0.15, 0.2) is 0 Å². The van der Waals surface area contributed by atoms with Gasteiger partial charge in [-0.15, -0.1) is 0 Å². The van der Waals surface area contributed by atoms with Gasteiger partial charge in [-0.2, -0.15) is 11.8 Å². The zero-order chi connectivity index (χ0) is 10.8. The van der Waals surface area contributed by atoms with E-state index < -0.39 is 0 Å². The molecule has 2 rings (SSSR count). The molecule has 2 N–H and O–H groups in total. The molecule has 0 aromatic carbocycles. The Morgan fingerprint density at radius 2 is 2.27 bits per heavy atom. The van der Waals surface area contributed by atoms with Crippen LogP contribution in [0.3, 0.4) is 0 Å². The summed E-state index contributed by atoms with van der Waals surface area (Å²) < 4.78 is 0. The molecule has 0 bridgehead atoms. The molecule has 0 aromatic rings. The fourth-order valence-electron chi connectivity index (χ4n) is 2.85. The van der Waals surface area contributed by atoms with E-state index >= 15 is 0 Å². The summed E-state index contributed by atoms with van der Waals surface area (Å²) in [6.45, 7) is 7.08. The van der Waals surface area contributed by atoms with Gasteiger partial charge in [-0.3, -0.25) is 4.90 Å². The lowest BCUT2D eigenvalue weighted by molar-refractivity contribution is 0.122. The lowest BCUT2D eigenvalue weighted by Crippen LogP contribution is -2.47. The van der Waals surface area contributed by atoms with E-state index in [-0.39, 0.29) is 0 Å². The third-order valence-corrected chi connectivity index (χ3v) is 5.27. The van der Waals surface area contributed by atoms with Crippen LogP contribution in [0.4, 0.5) is 0 Å². The Kier molecular flexibility index (Phi) is 3.97. The van der Waals surface area contributed by atoms with Crippen molar-refractivity contribution in [1.82, 2.24) is 4.90 Å². The second-order valence-electron chi connectivity index (χ2n) is 5.29. The SMILES string of the molecule is CC1CC(N2CCCC(C(C)N)C2)CS1. The van der Waals surface area contributed by atoms with Gasteiger partial charge >= 0.3 is 0 Å². The Bertz CT molecular complexity index is 208. The van der Waals surface area contributed by atoms with Crippen LogP contribution < -0.4 is 5.73 Å². The molecule has 0 saturated carbocycles. The molecular weight excluding hydrogens is 204 g/mol. The first-order valence-corrected chi connectivity index (χ1v) is 7.33. The van der Waals surface area contributed by atoms with E-state index in [9.17, 15) is 0 Å². The maximum absolute atomic E-state index is 6.02. The third-order valence-electron chi connectivity index (χ3n) is 3.93. The summed E-state index contributed by atoms with van der Waals surface area (Å²) in [4.78, 5) is 2.70. The zero-order valence-corrected chi connectivity index (χ0v) is 10.8. The van der Waals surface area contributed by atoms with Crippen LogP contribution in [-0.2, 0) is 0 Å². The van der Waals surface area contributed by atoms with Crippen molar-refractivity contribution in [1.29, 1.82) is 0 Å². The molecule has 2 heterocycles. The molecule has 15 heavy (non-hydrogen) atoms. The average molecular weight is 228 g/mol. The smallest absolute Gasteiger partial charge is 0.0197 e. The van der Waals surface area contributed by atoms with E-state index in [1.54, 1.807) is 0 Å². The molecule has 0 aromatic heterocycles. The molecule has 4 atom stereocenters. The van der Waals surface area contributed by atoms with Gasteiger partial charge in [-0.1, -0.05) is 6.92 Å². The Balaban J connectivity index is 1.87. The molecule has 3 heteroatoms. The molecule has 2 nitrogen and oxygen atoms in total. The maximum Gasteiger partial charge on any atom is 0.0197 e. The van der Waals surface area contributed by atoms with Crippen LogP contribution in [0.2, 0.25) is 0 Å². The zero-order valence-electron chi connectivity index (χ0n) is 9.98. The molecule has 2 fully saturated rings. The summed E-state index contributed by atoms with van der Waals surface area (Å²) in [5, 5.41) is 0.866. The van der Waals surface area contributed by atoms with Gasteiger partial charge in [0.1, 0.15) is 0 Å². The van der Waals surface area contributed by atoms with Crippen LogP contribution in [0.5, 0.6) is 0 Å². The predicted molar refractivity (Wildman–Crippen MR) is 68.3 cm³/mol. The quantitative estimate of drug-likeness (QED) is 0.783.